The van der Waals surface area contributed by atoms with Gasteiger partial charge in [0.1, 0.15) is 5.75 Å². The van der Waals surface area contributed by atoms with Crippen molar-refractivity contribution < 1.29 is 14.6 Å². The number of ether oxygens (including phenoxy) is 1. The fourth-order valence-electron chi connectivity index (χ4n) is 2.22. The van der Waals surface area contributed by atoms with Crippen LogP contribution in [-0.2, 0) is 4.74 Å². The van der Waals surface area contributed by atoms with Crippen LogP contribution in [0.3, 0.4) is 0 Å². The number of aromatic hydroxyl groups is 1. The van der Waals surface area contributed by atoms with Gasteiger partial charge in [0.05, 0.1) is 17.2 Å². The lowest BCUT2D eigenvalue weighted by atomic mass is 10.1. The lowest BCUT2D eigenvalue weighted by Crippen LogP contribution is -2.40. The van der Waals surface area contributed by atoms with E-state index in [1.807, 2.05) is 6.92 Å². The first-order valence-electron chi connectivity index (χ1n) is 5.88. The Kier molecular flexibility index (Phi) is 3.78. The Morgan fingerprint density at radius 2 is 2.28 bits per heavy atom. The molecule has 1 aliphatic heterocycles. The van der Waals surface area contributed by atoms with Gasteiger partial charge in [0.15, 0.2) is 0 Å². The SMILES string of the molecule is CC1OCCC1N(C)C(=O)c1ccc(O)c(Cl)c1. The molecule has 2 atom stereocenters. The van der Waals surface area contributed by atoms with Crippen LogP contribution in [-0.4, -0.2) is 41.7 Å². The summed E-state index contributed by atoms with van der Waals surface area (Å²) in [6, 6.07) is 4.57. The topological polar surface area (TPSA) is 49.8 Å². The molecule has 1 N–H and O–H groups in total. The van der Waals surface area contributed by atoms with Crippen molar-refractivity contribution >= 4 is 17.5 Å². The molecule has 1 aliphatic rings. The normalized spacial score (nSPS) is 23.1. The van der Waals surface area contributed by atoms with Gasteiger partial charge in [-0.05, 0) is 31.5 Å². The van der Waals surface area contributed by atoms with Crippen molar-refractivity contribution in [3.05, 3.63) is 28.8 Å². The van der Waals surface area contributed by atoms with E-state index in [1.54, 1.807) is 18.0 Å². The number of halogens is 1. The van der Waals surface area contributed by atoms with Crippen molar-refractivity contribution in [1.29, 1.82) is 0 Å². The molecular formula is C13H16ClNO3. The molecule has 0 bridgehead atoms. The first-order chi connectivity index (χ1) is 8.50. The minimum absolute atomic E-state index is 0.0200. The maximum absolute atomic E-state index is 12.3. The van der Waals surface area contributed by atoms with Gasteiger partial charge in [-0.3, -0.25) is 4.79 Å². The zero-order chi connectivity index (χ0) is 13.3. The number of amides is 1. The molecule has 1 aromatic carbocycles. The quantitative estimate of drug-likeness (QED) is 0.896. The Hall–Kier alpha value is -1.26. The van der Waals surface area contributed by atoms with E-state index in [9.17, 15) is 9.90 Å². The maximum atomic E-state index is 12.3. The van der Waals surface area contributed by atoms with E-state index < -0.39 is 0 Å². The van der Waals surface area contributed by atoms with Gasteiger partial charge in [0.25, 0.3) is 5.91 Å². The number of benzene rings is 1. The number of hydrogen-bond acceptors (Lipinski definition) is 3. The van der Waals surface area contributed by atoms with Crippen molar-refractivity contribution in [3.63, 3.8) is 0 Å². The molecule has 0 aromatic heterocycles. The van der Waals surface area contributed by atoms with Crippen LogP contribution in [0.2, 0.25) is 5.02 Å². The van der Waals surface area contributed by atoms with Crippen LogP contribution < -0.4 is 0 Å². The van der Waals surface area contributed by atoms with Gasteiger partial charge in [-0.2, -0.15) is 0 Å². The molecule has 1 amide bonds. The van der Waals surface area contributed by atoms with Gasteiger partial charge in [-0.1, -0.05) is 11.6 Å². The summed E-state index contributed by atoms with van der Waals surface area (Å²) < 4.78 is 5.46. The minimum Gasteiger partial charge on any atom is -0.506 e. The number of carbonyl (C=O) groups excluding carboxylic acids is 1. The molecule has 0 radical (unpaired) electrons. The van der Waals surface area contributed by atoms with Gasteiger partial charge in [-0.25, -0.2) is 0 Å². The fourth-order valence-corrected chi connectivity index (χ4v) is 2.40. The Morgan fingerprint density at radius 1 is 1.56 bits per heavy atom. The van der Waals surface area contributed by atoms with Gasteiger partial charge < -0.3 is 14.7 Å². The second-order valence-electron chi connectivity index (χ2n) is 4.51. The predicted octanol–water partition coefficient (Wildman–Crippen LogP) is 2.29. The average molecular weight is 270 g/mol. The molecule has 98 valence electrons. The maximum Gasteiger partial charge on any atom is 0.253 e. The fraction of sp³-hybridized carbons (Fsp3) is 0.462. The molecule has 5 heteroatoms. The number of rotatable bonds is 2. The molecule has 1 fully saturated rings. The average Bonchev–Trinajstić information content (AvgIpc) is 2.77. The van der Waals surface area contributed by atoms with E-state index in [4.69, 9.17) is 16.3 Å². The summed E-state index contributed by atoms with van der Waals surface area (Å²) in [5, 5.41) is 9.53. The highest BCUT2D eigenvalue weighted by Crippen LogP contribution is 2.25. The first-order valence-corrected chi connectivity index (χ1v) is 6.26. The molecule has 2 rings (SSSR count). The first kappa shape index (κ1) is 13.2. The number of nitrogens with zero attached hydrogens (tertiary/aromatic N) is 1. The van der Waals surface area contributed by atoms with Crippen LogP contribution in [0.15, 0.2) is 18.2 Å². The molecule has 4 nitrogen and oxygen atoms in total. The smallest absolute Gasteiger partial charge is 0.253 e. The third-order valence-electron chi connectivity index (χ3n) is 3.35. The van der Waals surface area contributed by atoms with Gasteiger partial charge in [-0.15, -0.1) is 0 Å². The van der Waals surface area contributed by atoms with Crippen molar-refractivity contribution in [2.45, 2.75) is 25.5 Å². The zero-order valence-electron chi connectivity index (χ0n) is 10.4. The van der Waals surface area contributed by atoms with Crippen molar-refractivity contribution in [2.75, 3.05) is 13.7 Å². The second-order valence-corrected chi connectivity index (χ2v) is 4.92. The minimum atomic E-state index is -0.112. The van der Waals surface area contributed by atoms with E-state index in [0.29, 0.717) is 12.2 Å². The number of hydrogen-bond donors (Lipinski definition) is 1. The Balaban J connectivity index is 2.17. The largest absolute Gasteiger partial charge is 0.506 e. The lowest BCUT2D eigenvalue weighted by Gasteiger charge is -2.26. The second kappa shape index (κ2) is 5.16. The Bertz CT molecular complexity index is 464. The molecule has 2 unspecified atom stereocenters. The summed E-state index contributed by atoms with van der Waals surface area (Å²) in [7, 11) is 1.76. The van der Waals surface area contributed by atoms with Crippen LogP contribution in [0.1, 0.15) is 23.7 Å². The number of likely N-dealkylation sites (N-methyl/N-ethyl adjacent to an activating group) is 1. The summed E-state index contributed by atoms with van der Waals surface area (Å²) in [6.07, 6.45) is 0.890. The molecule has 1 saturated heterocycles. The highest BCUT2D eigenvalue weighted by atomic mass is 35.5. The monoisotopic (exact) mass is 269 g/mol. The molecule has 0 aliphatic carbocycles. The van der Waals surface area contributed by atoms with E-state index in [2.05, 4.69) is 0 Å². The van der Waals surface area contributed by atoms with Gasteiger partial charge >= 0.3 is 0 Å². The van der Waals surface area contributed by atoms with Crippen molar-refractivity contribution in [3.8, 4) is 5.75 Å². The summed E-state index contributed by atoms with van der Waals surface area (Å²) in [5.74, 6) is -0.132. The number of phenolic OH excluding ortho intramolecular Hbond substituents is 1. The van der Waals surface area contributed by atoms with Crippen LogP contribution in [0.4, 0.5) is 0 Å². The summed E-state index contributed by atoms with van der Waals surface area (Å²) >= 11 is 5.81. The number of carbonyl (C=O) groups is 1. The summed E-state index contributed by atoms with van der Waals surface area (Å²) in [4.78, 5) is 14.0. The van der Waals surface area contributed by atoms with E-state index >= 15 is 0 Å². The molecule has 1 heterocycles. The Labute approximate surface area is 111 Å². The highest BCUT2D eigenvalue weighted by Gasteiger charge is 2.31. The van der Waals surface area contributed by atoms with Crippen LogP contribution >= 0.6 is 11.6 Å². The van der Waals surface area contributed by atoms with Crippen LogP contribution in [0.25, 0.3) is 0 Å². The lowest BCUT2D eigenvalue weighted by molar-refractivity contribution is 0.0574. The molecule has 0 spiro atoms. The van der Waals surface area contributed by atoms with E-state index in [1.165, 1.54) is 12.1 Å². The van der Waals surface area contributed by atoms with Crippen LogP contribution in [0, 0.1) is 0 Å². The van der Waals surface area contributed by atoms with E-state index in [-0.39, 0.29) is 28.8 Å². The van der Waals surface area contributed by atoms with Crippen LogP contribution in [0.5, 0.6) is 5.75 Å². The molecule has 1 aromatic rings. The standard InChI is InChI=1S/C13H16ClNO3/c1-8-11(5-6-18-8)15(2)13(17)9-3-4-12(16)10(14)7-9/h3-4,7-8,11,16H,5-6H2,1-2H3. The number of phenols is 1. The van der Waals surface area contributed by atoms with Gasteiger partial charge in [0.2, 0.25) is 0 Å². The van der Waals surface area contributed by atoms with E-state index in [0.717, 1.165) is 6.42 Å². The molecule has 0 saturated carbocycles. The van der Waals surface area contributed by atoms with Crippen molar-refractivity contribution in [1.82, 2.24) is 4.90 Å². The zero-order valence-corrected chi connectivity index (χ0v) is 11.1. The highest BCUT2D eigenvalue weighted by molar-refractivity contribution is 6.32. The van der Waals surface area contributed by atoms with Gasteiger partial charge in [0, 0.05) is 19.2 Å². The molecular weight excluding hydrogens is 254 g/mol. The van der Waals surface area contributed by atoms with Crippen molar-refractivity contribution in [2.24, 2.45) is 0 Å². The third kappa shape index (κ3) is 2.44. The summed E-state index contributed by atoms with van der Waals surface area (Å²) in [6.45, 7) is 2.64. The molecule has 18 heavy (non-hydrogen) atoms. The third-order valence-corrected chi connectivity index (χ3v) is 3.65. The summed E-state index contributed by atoms with van der Waals surface area (Å²) in [5.41, 5.74) is 0.472. The Morgan fingerprint density at radius 3 is 2.83 bits per heavy atom. The predicted molar refractivity (Wildman–Crippen MR) is 69.0 cm³/mol.